The van der Waals surface area contributed by atoms with Crippen LogP contribution < -0.4 is 15.3 Å². The van der Waals surface area contributed by atoms with E-state index < -0.39 is 17.9 Å². The minimum atomic E-state index is -1.12. The molecule has 0 radical (unpaired) electrons. The second-order valence-electron chi connectivity index (χ2n) is 9.74. The van der Waals surface area contributed by atoms with Crippen molar-refractivity contribution in [3.05, 3.63) is 143 Å². The van der Waals surface area contributed by atoms with Gasteiger partial charge in [0.1, 0.15) is 0 Å². The number of carboxylic acid groups (broad SMARTS) is 3. The Morgan fingerprint density at radius 1 is 0.395 bits per heavy atom. The second kappa shape index (κ2) is 14.4. The Kier molecular flexibility index (Phi) is 10.9. The molecule has 0 aliphatic rings. The fourth-order valence-electron chi connectivity index (χ4n) is 4.94. The molecule has 0 heterocycles. The van der Waals surface area contributed by atoms with Gasteiger partial charge in [-0.25, -0.2) is 0 Å². The number of carbonyl (C=O) groups excluding carboxylic acids is 3. The van der Waals surface area contributed by atoms with E-state index >= 15 is 0 Å². The summed E-state index contributed by atoms with van der Waals surface area (Å²) < 4.78 is 0. The van der Waals surface area contributed by atoms with E-state index in [-0.39, 0.29) is 36.5 Å². The van der Waals surface area contributed by atoms with E-state index in [1.165, 1.54) is 0 Å². The average Bonchev–Trinajstić information content (AvgIpc) is 2.98. The summed E-state index contributed by atoms with van der Waals surface area (Å²) >= 11 is 0. The molecule has 6 rings (SSSR count). The van der Waals surface area contributed by atoms with Crippen LogP contribution in [0.1, 0.15) is 47.8 Å². The molecule has 0 saturated carbocycles. The summed E-state index contributed by atoms with van der Waals surface area (Å²) in [7, 11) is 0. The van der Waals surface area contributed by atoms with Crippen LogP contribution >= 0.6 is 0 Å². The van der Waals surface area contributed by atoms with E-state index in [4.69, 9.17) is 0 Å². The monoisotopic (exact) mass is 624 g/mol. The second-order valence-corrected chi connectivity index (χ2v) is 9.74. The predicted octanol–water partition coefficient (Wildman–Crippen LogP) is 4.15. The van der Waals surface area contributed by atoms with Crippen molar-refractivity contribution < 1.29 is 29.7 Å². The van der Waals surface area contributed by atoms with E-state index in [1.807, 2.05) is 72.8 Å². The Hall–Kier alpha value is -4.85. The molecule has 0 unspecified atom stereocenters. The third-order valence-electron chi connectivity index (χ3n) is 7.25. The molecule has 210 valence electrons. The number of carboxylic acids is 3. The van der Waals surface area contributed by atoms with E-state index in [0.717, 1.165) is 49.0 Å². The molecule has 43 heavy (non-hydrogen) atoms. The van der Waals surface area contributed by atoms with Gasteiger partial charge >= 0.3 is 19.8 Å². The van der Waals surface area contributed by atoms with E-state index in [2.05, 4.69) is 0 Å². The number of aromatic carboxylic acids is 3. The van der Waals surface area contributed by atoms with Crippen LogP contribution in [0.25, 0.3) is 32.3 Å². The topological polar surface area (TPSA) is 120 Å². The van der Waals surface area contributed by atoms with Crippen LogP contribution in [0.2, 0.25) is 0 Å². The summed E-state index contributed by atoms with van der Waals surface area (Å²) in [6.07, 6.45) is 0. The van der Waals surface area contributed by atoms with Crippen molar-refractivity contribution in [1.29, 1.82) is 0 Å². The van der Waals surface area contributed by atoms with Crippen LogP contribution in [-0.4, -0.2) is 37.7 Å². The Morgan fingerprint density at radius 3 is 0.860 bits per heavy atom. The number of hydrogen-bond donors (Lipinski definition) is 0. The molecule has 0 aliphatic heterocycles. The van der Waals surface area contributed by atoms with Crippen LogP contribution in [0.3, 0.4) is 0 Å². The van der Waals surface area contributed by atoms with Crippen LogP contribution in [0.4, 0.5) is 0 Å². The molecule has 0 N–H and O–H groups in total. The van der Waals surface area contributed by atoms with Crippen LogP contribution in [-0.2, 0) is 0 Å². The first-order valence-corrected chi connectivity index (χ1v) is 13.2. The first kappa shape index (κ1) is 32.7. The minimum absolute atomic E-state index is 0. The molecule has 0 saturated heterocycles. The first-order valence-electron chi connectivity index (χ1n) is 13.2. The molecule has 0 aromatic heterocycles. The summed E-state index contributed by atoms with van der Waals surface area (Å²) in [5.41, 5.74) is 3.10. The zero-order valence-electron chi connectivity index (χ0n) is 23.9. The number of benzene rings is 6. The summed E-state index contributed by atoms with van der Waals surface area (Å²) in [5.74, 6) is -3.35. The van der Waals surface area contributed by atoms with Crippen molar-refractivity contribution in [3.63, 3.8) is 0 Å². The number of hydrogen-bond acceptors (Lipinski definition) is 6. The number of fused-ring (bicyclic) bond motifs is 3. The van der Waals surface area contributed by atoms with Crippen molar-refractivity contribution in [1.82, 2.24) is 0 Å². The number of rotatable bonds is 3. The Morgan fingerprint density at radius 2 is 0.628 bits per heavy atom. The Bertz CT molecular complexity index is 1740. The van der Waals surface area contributed by atoms with Crippen LogP contribution in [0, 0.1) is 20.8 Å². The van der Waals surface area contributed by atoms with Gasteiger partial charge in [0, 0.05) is 16.7 Å². The third kappa shape index (κ3) is 7.33. The summed E-state index contributed by atoms with van der Waals surface area (Å²) in [6.45, 7) is 5.40. The molecule has 6 nitrogen and oxygen atoms in total. The van der Waals surface area contributed by atoms with Crippen LogP contribution in [0.15, 0.2) is 109 Å². The zero-order valence-corrected chi connectivity index (χ0v) is 26.3. The quantitative estimate of drug-likeness (QED) is 0.273. The molecule has 6 aromatic rings. The summed E-state index contributed by atoms with van der Waals surface area (Å²) in [5, 5.41) is 38.3. The van der Waals surface area contributed by atoms with Crippen molar-refractivity contribution in [2.45, 2.75) is 20.8 Å². The average molecular weight is 625 g/mol. The van der Waals surface area contributed by atoms with Gasteiger partial charge in [-0.1, -0.05) is 109 Å². The van der Waals surface area contributed by atoms with Gasteiger partial charge in [0.2, 0.25) is 0 Å². The zero-order chi connectivity index (χ0) is 30.4. The van der Waals surface area contributed by atoms with E-state index in [9.17, 15) is 29.7 Å². The van der Waals surface area contributed by atoms with E-state index in [1.54, 1.807) is 57.2 Å². The largest absolute Gasteiger partial charge is 3.00 e. The molecule has 0 atom stereocenters. The molecule has 7 heteroatoms. The molecular weight excluding hydrogens is 598 g/mol. The van der Waals surface area contributed by atoms with Crippen molar-refractivity contribution in [2.75, 3.05) is 0 Å². The standard InChI is InChI=1S/3C12H10O2.Ga/c3*1-8-10-5-3-2-4-9(10)6-7-11(8)12(13)14;/h3*2-7H,1H3,(H,13,14);/q;;;+3/p-3. The molecule has 0 aliphatic carbocycles. The van der Waals surface area contributed by atoms with Crippen molar-refractivity contribution in [3.8, 4) is 0 Å². The molecule has 0 fully saturated rings. The van der Waals surface area contributed by atoms with Gasteiger partial charge in [-0.05, 0) is 69.8 Å². The maximum absolute atomic E-state index is 10.8. The SMILES string of the molecule is Cc1c(C(=O)[O-])ccc2ccccc12.Cc1c(C(=O)[O-])ccc2ccccc12.Cc1c(C(=O)[O-])ccc2ccccc12.[Ga+3]. The molecule has 0 spiro atoms. The van der Waals surface area contributed by atoms with Gasteiger partial charge in [0.05, 0.1) is 17.9 Å². The number of aryl methyl sites for hydroxylation is 3. The van der Waals surface area contributed by atoms with E-state index in [0.29, 0.717) is 0 Å². The smallest absolute Gasteiger partial charge is 0.545 e. The van der Waals surface area contributed by atoms with Gasteiger partial charge in [-0.2, -0.15) is 0 Å². The van der Waals surface area contributed by atoms with Crippen molar-refractivity contribution >= 4 is 70.0 Å². The minimum Gasteiger partial charge on any atom is -0.545 e. The maximum atomic E-state index is 10.8. The first-order chi connectivity index (χ1) is 20.1. The van der Waals surface area contributed by atoms with Gasteiger partial charge in [0.15, 0.2) is 0 Å². The fourth-order valence-corrected chi connectivity index (χ4v) is 4.94. The van der Waals surface area contributed by atoms with Gasteiger partial charge in [-0.15, -0.1) is 0 Å². The van der Waals surface area contributed by atoms with Gasteiger partial charge in [0.25, 0.3) is 0 Å². The van der Waals surface area contributed by atoms with Gasteiger partial charge < -0.3 is 29.7 Å². The molecule has 6 aromatic carbocycles. The molecular formula is C36H27GaO6. The maximum Gasteiger partial charge on any atom is 3.00 e. The Balaban J connectivity index is 0.000000175. The fraction of sp³-hybridized carbons (Fsp3) is 0.0833. The normalized spacial score (nSPS) is 10.1. The Labute approximate surface area is 262 Å². The van der Waals surface area contributed by atoms with Crippen LogP contribution in [0.5, 0.6) is 0 Å². The molecule has 0 bridgehead atoms. The summed E-state index contributed by atoms with van der Waals surface area (Å²) in [4.78, 5) is 32.3. The van der Waals surface area contributed by atoms with Gasteiger partial charge in [-0.3, -0.25) is 0 Å². The third-order valence-corrected chi connectivity index (χ3v) is 7.25. The number of carbonyl (C=O) groups is 3. The summed E-state index contributed by atoms with van der Waals surface area (Å²) in [6, 6.07) is 33.3. The van der Waals surface area contributed by atoms with Crippen molar-refractivity contribution in [2.24, 2.45) is 0 Å². The molecule has 0 amide bonds. The predicted molar refractivity (Wildman–Crippen MR) is 165 cm³/mol.